The van der Waals surface area contributed by atoms with Crippen LogP contribution in [0.1, 0.15) is 435 Å². The number of carbonyl (C=O) groups excluding carboxylic acids is 7. The highest BCUT2D eigenvalue weighted by Gasteiger charge is 2.33. The number of phosphoric ester groups is 2. The van der Waals surface area contributed by atoms with E-state index < -0.39 is 64.5 Å². The summed E-state index contributed by atoms with van der Waals surface area (Å²) in [6.45, 7) is 24.6. The number of hydrogen-bond donors (Lipinski definition) is 6. The Kier molecular flexibility index (Phi) is 83.0. The van der Waals surface area contributed by atoms with Crippen molar-refractivity contribution in [3.8, 4) is 0 Å². The molecule has 0 rings (SSSR count). The number of amides is 5. The summed E-state index contributed by atoms with van der Waals surface area (Å²) in [6.07, 6.45) is 62.5. The van der Waals surface area contributed by atoms with Gasteiger partial charge in [-0.05, 0) is 72.1 Å². The minimum absolute atomic E-state index is 0.0527. The number of nitrogens with two attached hydrogens (primary N) is 1. The number of esters is 2. The lowest BCUT2D eigenvalue weighted by molar-refractivity contribution is -0.151. The molecule has 0 bridgehead atoms. The first-order valence-corrected chi connectivity index (χ1v) is 50.9. The van der Waals surface area contributed by atoms with Gasteiger partial charge in [-0.3, -0.25) is 55.9 Å². The fourth-order valence-corrected chi connectivity index (χ4v) is 15.8. The second kappa shape index (κ2) is 84.6. The number of rotatable bonds is 87. The molecule has 0 saturated heterocycles. The van der Waals surface area contributed by atoms with Crippen LogP contribution in [0.5, 0.6) is 0 Å². The summed E-state index contributed by atoms with van der Waals surface area (Å²) in [5.41, 5.74) is 4.84. The van der Waals surface area contributed by atoms with E-state index >= 15 is 0 Å². The van der Waals surface area contributed by atoms with Gasteiger partial charge in [0.05, 0.1) is 39.6 Å². The van der Waals surface area contributed by atoms with Gasteiger partial charge in [0.2, 0.25) is 23.6 Å². The summed E-state index contributed by atoms with van der Waals surface area (Å²) in [4.78, 5) is 91.2. The van der Waals surface area contributed by atoms with E-state index in [0.29, 0.717) is 44.9 Å². The molecular formula is C93H180N6O18P2. The Morgan fingerprint density at radius 2 is 0.622 bits per heavy atom. The maximum Gasteiger partial charge on any atom is 0.475 e. The van der Waals surface area contributed by atoms with Gasteiger partial charge in [0, 0.05) is 64.7 Å². The maximum absolute atomic E-state index is 13.7. The van der Waals surface area contributed by atoms with Crippen LogP contribution in [-0.4, -0.2) is 137 Å². The van der Waals surface area contributed by atoms with E-state index in [4.69, 9.17) is 47.1 Å². The van der Waals surface area contributed by atoms with Crippen LogP contribution < -0.4 is 32.3 Å². The van der Waals surface area contributed by atoms with Crippen molar-refractivity contribution < 1.29 is 84.0 Å². The lowest BCUT2D eigenvalue weighted by Gasteiger charge is -2.23. The first kappa shape index (κ1) is 117. The van der Waals surface area contributed by atoms with Crippen LogP contribution in [0.25, 0.3) is 0 Å². The maximum atomic E-state index is 13.7. The van der Waals surface area contributed by atoms with E-state index in [0.717, 1.165) is 141 Å². The van der Waals surface area contributed by atoms with E-state index in [1.165, 1.54) is 186 Å². The quantitative estimate of drug-likeness (QED) is 0.0108. The van der Waals surface area contributed by atoms with E-state index in [-0.39, 0.29) is 101 Å². The van der Waals surface area contributed by atoms with Gasteiger partial charge in [-0.15, -0.1) is 13.2 Å². The third kappa shape index (κ3) is 79.4. The van der Waals surface area contributed by atoms with E-state index in [2.05, 4.69) is 81.3 Å². The molecule has 26 heteroatoms. The lowest BCUT2D eigenvalue weighted by atomic mass is 10.1. The van der Waals surface area contributed by atoms with Crippen molar-refractivity contribution in [3.63, 3.8) is 0 Å². The molecule has 0 aromatic rings. The Morgan fingerprint density at radius 3 is 0.908 bits per heavy atom. The van der Waals surface area contributed by atoms with E-state index in [9.17, 15) is 42.7 Å². The van der Waals surface area contributed by atoms with Crippen molar-refractivity contribution in [3.05, 3.63) is 25.3 Å². The van der Waals surface area contributed by atoms with Crippen LogP contribution in [0, 0.1) is 0 Å². The number of alkyl carbamates (subject to hydrolysis) is 1. The fourth-order valence-electron chi connectivity index (χ4n) is 13.5. The molecule has 119 heavy (non-hydrogen) atoms. The van der Waals surface area contributed by atoms with Crippen LogP contribution in [-0.2, 0) is 79.3 Å². The number of ether oxygens (including phenoxy) is 3. The lowest BCUT2D eigenvalue weighted by Crippen LogP contribution is -2.49. The predicted octanol–water partition coefficient (Wildman–Crippen LogP) is 23.9. The van der Waals surface area contributed by atoms with Crippen molar-refractivity contribution in [1.29, 1.82) is 0 Å². The Bertz CT molecular complexity index is 2550. The first-order chi connectivity index (χ1) is 57.5. The number of unbranched alkanes of at least 4 members (excludes halogenated alkanes) is 44. The summed E-state index contributed by atoms with van der Waals surface area (Å²) < 4.78 is 76.6. The molecule has 0 aliphatic carbocycles. The largest absolute Gasteiger partial charge is 0.475 e. The molecule has 6 atom stereocenters. The Hall–Kier alpha value is -4.25. The number of phosphoric acid groups is 2. The number of carbonyl (C=O) groups is 7. The molecule has 0 aromatic heterocycles. The van der Waals surface area contributed by atoms with Gasteiger partial charge >= 0.3 is 33.7 Å². The number of nitrogens with one attached hydrogen (secondary N) is 5. The molecule has 7 N–H and O–H groups in total. The van der Waals surface area contributed by atoms with Crippen molar-refractivity contribution >= 4 is 57.3 Å². The van der Waals surface area contributed by atoms with Crippen molar-refractivity contribution in [1.82, 2.24) is 26.6 Å². The zero-order valence-electron chi connectivity index (χ0n) is 77.3. The van der Waals surface area contributed by atoms with Crippen LogP contribution in [0.2, 0.25) is 0 Å². The summed E-state index contributed by atoms with van der Waals surface area (Å²) in [5.74, 6) is -2.04. The molecule has 0 saturated carbocycles. The smallest absolute Gasteiger partial charge is 0.462 e. The summed E-state index contributed by atoms with van der Waals surface area (Å²) >= 11 is 0. The van der Waals surface area contributed by atoms with Crippen molar-refractivity contribution in [2.45, 2.75) is 465 Å². The predicted molar refractivity (Wildman–Crippen MR) is 486 cm³/mol. The Balaban J connectivity index is 0. The van der Waals surface area contributed by atoms with Gasteiger partial charge in [-0.2, -0.15) is 0 Å². The molecular weight excluding hydrogens is 1550 g/mol. The molecule has 0 spiro atoms. The number of hydrogen-bond acceptors (Lipinski definition) is 19. The molecule has 0 radical (unpaired) electrons. The third-order valence-corrected chi connectivity index (χ3v) is 23.4. The molecule has 0 aromatic carbocycles. The van der Waals surface area contributed by atoms with Gasteiger partial charge in [-0.1, -0.05) is 336 Å². The highest BCUT2D eigenvalue weighted by molar-refractivity contribution is 7.48. The van der Waals surface area contributed by atoms with Crippen LogP contribution in [0.3, 0.4) is 0 Å². The first-order valence-electron chi connectivity index (χ1n) is 48.0. The van der Waals surface area contributed by atoms with Crippen molar-refractivity contribution in [2.75, 3.05) is 65.8 Å². The van der Waals surface area contributed by atoms with Gasteiger partial charge in [0.1, 0.15) is 29.9 Å². The van der Waals surface area contributed by atoms with Gasteiger partial charge in [0.25, 0.3) is 0 Å². The SMILES string of the molecule is C=CCOP(=O)(OCCN)OC[C@H](NC(=O)CCCCCCCCCCCCC)C(=O)NCC[C@@H](CCCCCCC)OC(=O)CCCCCCCCCCC.C=CCOP(=O)(OCCNC(=O)OC(C)(C)C)OC[C@H](NC(=O)CCCCCCCCCCCCC)C(=O)NCC[C@@H](CCCCCCC)OC(=O)CCCCCCCCCCC. The molecule has 0 aliphatic heterocycles. The molecule has 24 nitrogen and oxygen atoms in total. The zero-order chi connectivity index (χ0) is 88.2. The minimum Gasteiger partial charge on any atom is -0.462 e. The highest BCUT2D eigenvalue weighted by atomic mass is 31.2. The second-order valence-electron chi connectivity index (χ2n) is 33.3. The second-order valence-corrected chi connectivity index (χ2v) is 36.6. The van der Waals surface area contributed by atoms with Crippen molar-refractivity contribution in [2.24, 2.45) is 5.73 Å². The topological polar surface area (TPSA) is 323 Å². The Morgan fingerprint density at radius 1 is 0.345 bits per heavy atom. The zero-order valence-corrected chi connectivity index (χ0v) is 79.1. The van der Waals surface area contributed by atoms with Gasteiger partial charge < -0.3 is 46.5 Å². The molecule has 2 unspecified atom stereocenters. The third-order valence-electron chi connectivity index (χ3n) is 20.6. The molecule has 5 amide bonds. The fraction of sp³-hybridized carbons (Fsp3) is 0.882. The van der Waals surface area contributed by atoms with Crippen LogP contribution in [0.15, 0.2) is 25.3 Å². The van der Waals surface area contributed by atoms with Gasteiger partial charge in [0.15, 0.2) is 0 Å². The molecule has 0 aliphatic rings. The monoisotopic (exact) mass is 1730 g/mol. The molecule has 0 fully saturated rings. The molecule has 0 heterocycles. The summed E-state index contributed by atoms with van der Waals surface area (Å²) in [5, 5.41) is 13.8. The van der Waals surface area contributed by atoms with Crippen LogP contribution >= 0.6 is 15.6 Å². The average molecular weight is 1730 g/mol. The molecule has 700 valence electrons. The standard InChI is InChI=1S/C49H94N3O10P.C44H86N3O8P/c1-8-12-15-18-20-22-23-25-26-29-32-35-45(53)52-44(42-60-63(57,58-40-11-4)59-41-39-51-48(56)62-49(5,6)7)47(55)50-38-37-43(34-31-28-17-14-10-3)61-46(54)36-33-30-27-24-21-19-16-13-9-2;1-5-9-12-15-17-19-20-22-23-26-29-32-42(48)47-41(39-54-56(51,52-37-8-4)53-38-35-45)44(50)46-36-34-40(31-28-25-14-11-7-3)55-43(49)33-30-27-24-21-18-16-13-10-6-2/h11,43-44H,4,8-10,12-42H2,1-3,5-7H3,(H,50,55)(H,51,56)(H,52,53);8,40-41H,4-7,9-39,45H2,1-3H3,(H,46,50)(H,47,48)/t43-,44+,63?;40-,41+,56?/m11/s1. The summed E-state index contributed by atoms with van der Waals surface area (Å²) in [7, 11) is -8.35. The normalized spacial score (nSPS) is 13.5. The minimum atomic E-state index is -4.27. The highest BCUT2D eigenvalue weighted by Crippen LogP contribution is 2.50. The van der Waals surface area contributed by atoms with Crippen LogP contribution in [0.4, 0.5) is 4.79 Å². The van der Waals surface area contributed by atoms with E-state index in [1.54, 1.807) is 20.8 Å². The van der Waals surface area contributed by atoms with E-state index in [1.807, 2.05) is 0 Å². The Labute approximate surface area is 725 Å². The average Bonchev–Trinajstić information content (AvgIpc) is 0.877. The van der Waals surface area contributed by atoms with Gasteiger partial charge in [-0.25, -0.2) is 13.9 Å². The summed E-state index contributed by atoms with van der Waals surface area (Å²) in [6, 6.07) is -2.35.